The van der Waals surface area contributed by atoms with Gasteiger partial charge in [0.25, 0.3) is 0 Å². The number of nitrogens with one attached hydrogen (secondary N) is 1. The van der Waals surface area contributed by atoms with Crippen LogP contribution in [0.4, 0.5) is 0 Å². The first-order valence-corrected chi connectivity index (χ1v) is 4.77. The van der Waals surface area contributed by atoms with Crippen LogP contribution in [0, 0.1) is 0 Å². The summed E-state index contributed by atoms with van der Waals surface area (Å²) in [6, 6.07) is 0.104. The molecule has 0 aromatic rings. The highest BCUT2D eigenvalue weighted by atomic mass is 16.5. The zero-order valence-electron chi connectivity index (χ0n) is 8.18. The van der Waals surface area contributed by atoms with Crippen LogP contribution < -0.4 is 5.32 Å². The van der Waals surface area contributed by atoms with Gasteiger partial charge in [-0.05, 0) is 13.0 Å². The van der Waals surface area contributed by atoms with Crippen molar-refractivity contribution in [3.05, 3.63) is 0 Å². The standard InChI is InChI=1S/C9H21NO2/c1-3-5-6-12-8-9(7-11)10-4-2/h9-11H,3-8H2,1-2H3. The number of aliphatic hydroxyl groups is 1. The van der Waals surface area contributed by atoms with Crippen LogP contribution in [0.3, 0.4) is 0 Å². The lowest BCUT2D eigenvalue weighted by Gasteiger charge is -2.14. The van der Waals surface area contributed by atoms with Crippen molar-refractivity contribution in [2.45, 2.75) is 32.7 Å². The predicted octanol–water partition coefficient (Wildman–Crippen LogP) is 0.774. The van der Waals surface area contributed by atoms with Gasteiger partial charge in [-0.15, -0.1) is 0 Å². The largest absolute Gasteiger partial charge is 0.395 e. The number of hydrogen-bond acceptors (Lipinski definition) is 3. The van der Waals surface area contributed by atoms with Crippen molar-refractivity contribution in [1.82, 2.24) is 5.32 Å². The molecular formula is C9H21NO2. The molecule has 0 aliphatic rings. The van der Waals surface area contributed by atoms with Gasteiger partial charge in [-0.3, -0.25) is 0 Å². The molecule has 1 atom stereocenters. The quantitative estimate of drug-likeness (QED) is 0.535. The summed E-state index contributed by atoms with van der Waals surface area (Å²) in [6.45, 7) is 6.61. The molecule has 0 aliphatic heterocycles. The average molecular weight is 175 g/mol. The Balaban J connectivity index is 3.19. The number of likely N-dealkylation sites (N-methyl/N-ethyl adjacent to an activating group) is 1. The van der Waals surface area contributed by atoms with Crippen LogP contribution in [0.15, 0.2) is 0 Å². The van der Waals surface area contributed by atoms with Crippen molar-refractivity contribution in [3.63, 3.8) is 0 Å². The summed E-state index contributed by atoms with van der Waals surface area (Å²) < 4.78 is 5.36. The maximum atomic E-state index is 8.87. The smallest absolute Gasteiger partial charge is 0.0642 e. The molecule has 0 heterocycles. The van der Waals surface area contributed by atoms with Crippen LogP contribution in [0.2, 0.25) is 0 Å². The number of ether oxygens (including phenoxy) is 1. The van der Waals surface area contributed by atoms with E-state index in [4.69, 9.17) is 9.84 Å². The van der Waals surface area contributed by atoms with Crippen molar-refractivity contribution in [2.75, 3.05) is 26.4 Å². The maximum absolute atomic E-state index is 8.87. The summed E-state index contributed by atoms with van der Waals surface area (Å²) in [4.78, 5) is 0. The van der Waals surface area contributed by atoms with Gasteiger partial charge >= 0.3 is 0 Å². The van der Waals surface area contributed by atoms with Crippen LogP contribution in [-0.4, -0.2) is 37.5 Å². The van der Waals surface area contributed by atoms with Gasteiger partial charge < -0.3 is 15.2 Å². The zero-order valence-corrected chi connectivity index (χ0v) is 8.18. The SMILES string of the molecule is CCCCOCC(CO)NCC. The van der Waals surface area contributed by atoms with Crippen molar-refractivity contribution in [2.24, 2.45) is 0 Å². The topological polar surface area (TPSA) is 41.5 Å². The Kier molecular flexibility index (Phi) is 8.88. The first kappa shape index (κ1) is 11.9. The van der Waals surface area contributed by atoms with Crippen LogP contribution in [0.5, 0.6) is 0 Å². The molecule has 12 heavy (non-hydrogen) atoms. The molecule has 0 saturated heterocycles. The fourth-order valence-electron chi connectivity index (χ4n) is 0.937. The highest BCUT2D eigenvalue weighted by Crippen LogP contribution is 1.90. The first-order valence-electron chi connectivity index (χ1n) is 4.77. The maximum Gasteiger partial charge on any atom is 0.0642 e. The van der Waals surface area contributed by atoms with Gasteiger partial charge in [0.05, 0.1) is 19.3 Å². The summed E-state index contributed by atoms with van der Waals surface area (Å²) in [5.74, 6) is 0. The predicted molar refractivity (Wildman–Crippen MR) is 50.3 cm³/mol. The minimum Gasteiger partial charge on any atom is -0.395 e. The number of rotatable bonds is 8. The molecule has 1 unspecified atom stereocenters. The van der Waals surface area contributed by atoms with E-state index in [0.717, 1.165) is 26.0 Å². The Bertz CT molecular complexity index is 88.6. The summed E-state index contributed by atoms with van der Waals surface area (Å²) in [7, 11) is 0. The molecular weight excluding hydrogens is 154 g/mol. The molecule has 0 amide bonds. The minimum absolute atomic E-state index is 0.104. The second-order valence-electron chi connectivity index (χ2n) is 2.87. The monoisotopic (exact) mass is 175 g/mol. The van der Waals surface area contributed by atoms with Crippen molar-refractivity contribution >= 4 is 0 Å². The number of hydrogen-bond donors (Lipinski definition) is 2. The van der Waals surface area contributed by atoms with Crippen LogP contribution in [-0.2, 0) is 4.74 Å². The Hall–Kier alpha value is -0.120. The van der Waals surface area contributed by atoms with Gasteiger partial charge in [-0.1, -0.05) is 20.3 Å². The molecule has 0 rings (SSSR count). The van der Waals surface area contributed by atoms with Crippen LogP contribution in [0.1, 0.15) is 26.7 Å². The molecule has 0 radical (unpaired) electrons. The Morgan fingerprint density at radius 1 is 1.42 bits per heavy atom. The summed E-state index contributed by atoms with van der Waals surface area (Å²) >= 11 is 0. The van der Waals surface area contributed by atoms with E-state index in [9.17, 15) is 0 Å². The van der Waals surface area contributed by atoms with Crippen LogP contribution in [0.25, 0.3) is 0 Å². The lowest BCUT2D eigenvalue weighted by Crippen LogP contribution is -2.36. The summed E-state index contributed by atoms with van der Waals surface area (Å²) in [6.07, 6.45) is 2.26. The van der Waals surface area contributed by atoms with E-state index in [1.54, 1.807) is 0 Å². The second-order valence-corrected chi connectivity index (χ2v) is 2.87. The van der Waals surface area contributed by atoms with Gasteiger partial charge in [0.1, 0.15) is 0 Å². The normalized spacial score (nSPS) is 13.2. The number of unbranched alkanes of at least 4 members (excludes halogenated alkanes) is 1. The third kappa shape index (κ3) is 6.58. The third-order valence-corrected chi connectivity index (χ3v) is 1.67. The average Bonchev–Trinajstić information content (AvgIpc) is 2.10. The molecule has 0 fully saturated rings. The minimum atomic E-state index is 0.104. The number of aliphatic hydroxyl groups excluding tert-OH is 1. The van der Waals surface area contributed by atoms with Gasteiger partial charge in [0, 0.05) is 6.61 Å². The zero-order chi connectivity index (χ0) is 9.23. The summed E-state index contributed by atoms with van der Waals surface area (Å²) in [5, 5.41) is 12.0. The molecule has 0 spiro atoms. The molecule has 0 aromatic heterocycles. The molecule has 3 heteroatoms. The molecule has 3 nitrogen and oxygen atoms in total. The van der Waals surface area contributed by atoms with E-state index in [-0.39, 0.29) is 12.6 Å². The van der Waals surface area contributed by atoms with Crippen molar-refractivity contribution in [1.29, 1.82) is 0 Å². The molecule has 0 aromatic carbocycles. The van der Waals surface area contributed by atoms with Gasteiger partial charge in [0.15, 0.2) is 0 Å². The van der Waals surface area contributed by atoms with E-state index in [0.29, 0.717) is 6.61 Å². The fraction of sp³-hybridized carbons (Fsp3) is 1.00. The van der Waals surface area contributed by atoms with Crippen LogP contribution >= 0.6 is 0 Å². The lowest BCUT2D eigenvalue weighted by molar-refractivity contribution is 0.0876. The van der Waals surface area contributed by atoms with E-state index in [1.165, 1.54) is 0 Å². The van der Waals surface area contributed by atoms with Gasteiger partial charge in [0.2, 0.25) is 0 Å². The lowest BCUT2D eigenvalue weighted by atomic mass is 10.3. The molecule has 2 N–H and O–H groups in total. The molecule has 0 bridgehead atoms. The second kappa shape index (κ2) is 8.97. The van der Waals surface area contributed by atoms with Crippen molar-refractivity contribution < 1.29 is 9.84 Å². The molecule has 0 aliphatic carbocycles. The van der Waals surface area contributed by atoms with E-state index in [1.807, 2.05) is 6.92 Å². The Labute approximate surface area is 75.1 Å². The fourth-order valence-corrected chi connectivity index (χ4v) is 0.937. The van der Waals surface area contributed by atoms with E-state index < -0.39 is 0 Å². The Morgan fingerprint density at radius 2 is 2.17 bits per heavy atom. The highest BCUT2D eigenvalue weighted by molar-refractivity contribution is 4.62. The third-order valence-electron chi connectivity index (χ3n) is 1.67. The highest BCUT2D eigenvalue weighted by Gasteiger charge is 2.03. The van der Waals surface area contributed by atoms with Gasteiger partial charge in [-0.2, -0.15) is 0 Å². The van der Waals surface area contributed by atoms with Gasteiger partial charge in [-0.25, -0.2) is 0 Å². The first-order chi connectivity index (χ1) is 5.85. The van der Waals surface area contributed by atoms with E-state index >= 15 is 0 Å². The molecule has 0 saturated carbocycles. The van der Waals surface area contributed by atoms with Crippen molar-refractivity contribution in [3.8, 4) is 0 Å². The Morgan fingerprint density at radius 3 is 2.67 bits per heavy atom. The molecule has 74 valence electrons. The van der Waals surface area contributed by atoms with E-state index in [2.05, 4.69) is 12.2 Å². The summed E-state index contributed by atoms with van der Waals surface area (Å²) in [5.41, 5.74) is 0.